The zero-order valence-corrected chi connectivity index (χ0v) is 13.6. The van der Waals surface area contributed by atoms with Crippen LogP contribution in [0.3, 0.4) is 0 Å². The third kappa shape index (κ3) is 4.93. The van der Waals surface area contributed by atoms with E-state index >= 15 is 0 Å². The van der Waals surface area contributed by atoms with E-state index in [9.17, 15) is 4.79 Å². The molecule has 0 bridgehead atoms. The van der Waals surface area contributed by atoms with Crippen molar-refractivity contribution < 1.29 is 9.53 Å². The van der Waals surface area contributed by atoms with E-state index in [4.69, 9.17) is 10.5 Å². The van der Waals surface area contributed by atoms with Crippen LogP contribution in [0.1, 0.15) is 38.1 Å². The predicted octanol–water partition coefficient (Wildman–Crippen LogP) is 2.13. The first-order chi connectivity index (χ1) is 9.86. The first-order valence-corrected chi connectivity index (χ1v) is 7.34. The van der Waals surface area contributed by atoms with E-state index < -0.39 is 0 Å². The summed E-state index contributed by atoms with van der Waals surface area (Å²) in [6, 6.07) is 5.95. The molecular formula is C16H27N3O2. The number of nitrogens with zero attached hydrogens (tertiary/aromatic N) is 1. The minimum absolute atomic E-state index is 0.140. The van der Waals surface area contributed by atoms with Gasteiger partial charge in [-0.15, -0.1) is 0 Å². The molecule has 21 heavy (non-hydrogen) atoms. The number of nitrogen functional groups attached to an aromatic ring is 1. The Labute approximate surface area is 127 Å². The van der Waals surface area contributed by atoms with Crippen molar-refractivity contribution in [2.75, 3.05) is 25.9 Å². The fourth-order valence-corrected chi connectivity index (χ4v) is 2.40. The molecule has 0 aliphatic rings. The van der Waals surface area contributed by atoms with Crippen LogP contribution in [-0.2, 0) is 0 Å². The standard InChI is InChI=1S/C16H27N3O2/c1-11(2)19(12(3)4)9-8-18-16(20)14-7-6-13(17)10-15(14)21-5/h6-7,10-12H,8-9,17H2,1-5H3,(H,18,20). The van der Waals surface area contributed by atoms with Crippen LogP contribution in [0.2, 0.25) is 0 Å². The maximum atomic E-state index is 12.2. The van der Waals surface area contributed by atoms with Crippen molar-refractivity contribution in [2.24, 2.45) is 0 Å². The molecule has 0 unspecified atom stereocenters. The molecule has 0 fully saturated rings. The van der Waals surface area contributed by atoms with E-state index in [1.54, 1.807) is 18.2 Å². The second kappa shape index (κ2) is 7.88. The summed E-state index contributed by atoms with van der Waals surface area (Å²) in [5.41, 5.74) is 6.78. The van der Waals surface area contributed by atoms with Gasteiger partial charge in [-0.25, -0.2) is 0 Å². The number of methoxy groups -OCH3 is 1. The third-order valence-corrected chi connectivity index (χ3v) is 3.45. The molecular weight excluding hydrogens is 266 g/mol. The number of carbonyl (C=O) groups is 1. The summed E-state index contributed by atoms with van der Waals surface area (Å²) < 4.78 is 5.20. The number of anilines is 1. The van der Waals surface area contributed by atoms with Crippen LogP contribution in [0, 0.1) is 0 Å². The molecule has 5 nitrogen and oxygen atoms in total. The summed E-state index contributed by atoms with van der Waals surface area (Å²) in [6.07, 6.45) is 0. The lowest BCUT2D eigenvalue weighted by atomic mass is 10.1. The molecule has 0 saturated carbocycles. The summed E-state index contributed by atoms with van der Waals surface area (Å²) >= 11 is 0. The van der Waals surface area contributed by atoms with Gasteiger partial charge in [-0.2, -0.15) is 0 Å². The van der Waals surface area contributed by atoms with Crippen LogP contribution in [0.4, 0.5) is 5.69 Å². The first kappa shape index (κ1) is 17.3. The maximum absolute atomic E-state index is 12.2. The lowest BCUT2D eigenvalue weighted by Gasteiger charge is -2.30. The molecule has 1 amide bonds. The topological polar surface area (TPSA) is 67.6 Å². The van der Waals surface area contributed by atoms with Gasteiger partial charge in [0.15, 0.2) is 0 Å². The van der Waals surface area contributed by atoms with Crippen LogP contribution >= 0.6 is 0 Å². The number of rotatable bonds is 7. The number of hydrogen-bond donors (Lipinski definition) is 2. The Hall–Kier alpha value is -1.75. The fraction of sp³-hybridized carbons (Fsp3) is 0.562. The van der Waals surface area contributed by atoms with Crippen LogP contribution in [-0.4, -0.2) is 43.1 Å². The summed E-state index contributed by atoms with van der Waals surface area (Å²) in [5.74, 6) is 0.358. The van der Waals surface area contributed by atoms with Crippen LogP contribution in [0.25, 0.3) is 0 Å². The molecule has 0 aromatic heterocycles. The van der Waals surface area contributed by atoms with Gasteiger partial charge >= 0.3 is 0 Å². The molecule has 1 aromatic carbocycles. The quantitative estimate of drug-likeness (QED) is 0.756. The molecule has 118 valence electrons. The van der Waals surface area contributed by atoms with E-state index in [0.29, 0.717) is 35.6 Å². The molecule has 1 rings (SSSR count). The Morgan fingerprint density at radius 1 is 1.29 bits per heavy atom. The van der Waals surface area contributed by atoms with Gasteiger partial charge in [0.1, 0.15) is 5.75 Å². The number of benzene rings is 1. The van der Waals surface area contributed by atoms with Crippen LogP contribution in [0.15, 0.2) is 18.2 Å². The summed E-state index contributed by atoms with van der Waals surface area (Å²) in [7, 11) is 1.53. The van der Waals surface area contributed by atoms with Gasteiger partial charge in [-0.3, -0.25) is 9.69 Å². The minimum Gasteiger partial charge on any atom is -0.496 e. The van der Waals surface area contributed by atoms with Gasteiger partial charge in [0.2, 0.25) is 0 Å². The number of amides is 1. The number of carbonyl (C=O) groups excluding carboxylic acids is 1. The molecule has 0 radical (unpaired) electrons. The smallest absolute Gasteiger partial charge is 0.255 e. The highest BCUT2D eigenvalue weighted by molar-refractivity contribution is 5.97. The molecule has 0 atom stereocenters. The van der Waals surface area contributed by atoms with Crippen molar-refractivity contribution in [3.8, 4) is 5.75 Å². The molecule has 0 spiro atoms. The van der Waals surface area contributed by atoms with Gasteiger partial charge in [0.25, 0.3) is 5.91 Å². The normalized spacial score (nSPS) is 11.2. The largest absolute Gasteiger partial charge is 0.496 e. The van der Waals surface area contributed by atoms with Crippen molar-refractivity contribution in [3.05, 3.63) is 23.8 Å². The Balaban J connectivity index is 2.62. The Morgan fingerprint density at radius 3 is 2.43 bits per heavy atom. The third-order valence-electron chi connectivity index (χ3n) is 3.45. The first-order valence-electron chi connectivity index (χ1n) is 7.34. The van der Waals surface area contributed by atoms with Crippen LogP contribution in [0.5, 0.6) is 5.75 Å². The molecule has 1 aromatic rings. The molecule has 0 heterocycles. The summed E-state index contributed by atoms with van der Waals surface area (Å²) in [6.45, 7) is 10.0. The lowest BCUT2D eigenvalue weighted by molar-refractivity contribution is 0.0936. The maximum Gasteiger partial charge on any atom is 0.255 e. The van der Waals surface area contributed by atoms with Crippen molar-refractivity contribution in [3.63, 3.8) is 0 Å². The Bertz CT molecular complexity index is 465. The van der Waals surface area contributed by atoms with Crippen molar-refractivity contribution in [2.45, 2.75) is 39.8 Å². The zero-order valence-electron chi connectivity index (χ0n) is 13.6. The van der Waals surface area contributed by atoms with Gasteiger partial charge in [-0.05, 0) is 39.8 Å². The number of hydrogen-bond acceptors (Lipinski definition) is 4. The second-order valence-corrected chi connectivity index (χ2v) is 5.64. The summed E-state index contributed by atoms with van der Waals surface area (Å²) in [5, 5.41) is 2.93. The average molecular weight is 293 g/mol. The molecule has 0 aliphatic heterocycles. The minimum atomic E-state index is -0.140. The number of nitrogens with two attached hydrogens (primary N) is 1. The molecule has 3 N–H and O–H groups in total. The van der Waals surface area contributed by atoms with Crippen molar-refractivity contribution >= 4 is 11.6 Å². The Kier molecular flexibility index (Phi) is 6.49. The number of ether oxygens (including phenoxy) is 1. The second-order valence-electron chi connectivity index (χ2n) is 5.64. The Morgan fingerprint density at radius 2 is 1.90 bits per heavy atom. The van der Waals surface area contributed by atoms with Gasteiger partial charge in [0.05, 0.1) is 12.7 Å². The van der Waals surface area contributed by atoms with Crippen LogP contribution < -0.4 is 15.8 Å². The highest BCUT2D eigenvalue weighted by atomic mass is 16.5. The van der Waals surface area contributed by atoms with Crippen molar-refractivity contribution in [1.82, 2.24) is 10.2 Å². The van der Waals surface area contributed by atoms with E-state index in [1.165, 1.54) is 7.11 Å². The lowest BCUT2D eigenvalue weighted by Crippen LogP contribution is -2.42. The zero-order chi connectivity index (χ0) is 16.0. The molecule has 0 aliphatic carbocycles. The van der Waals surface area contributed by atoms with Gasteiger partial charge in [-0.1, -0.05) is 0 Å². The SMILES string of the molecule is COc1cc(N)ccc1C(=O)NCCN(C(C)C)C(C)C. The van der Waals surface area contributed by atoms with Gasteiger partial charge in [0, 0.05) is 36.9 Å². The number of nitrogens with one attached hydrogen (secondary N) is 1. The molecule has 5 heteroatoms. The molecule has 0 saturated heterocycles. The van der Waals surface area contributed by atoms with E-state index in [0.717, 1.165) is 6.54 Å². The van der Waals surface area contributed by atoms with Gasteiger partial charge < -0.3 is 15.8 Å². The fourth-order valence-electron chi connectivity index (χ4n) is 2.40. The summed E-state index contributed by atoms with van der Waals surface area (Å²) in [4.78, 5) is 14.5. The average Bonchev–Trinajstić information content (AvgIpc) is 2.42. The van der Waals surface area contributed by atoms with Crippen molar-refractivity contribution in [1.29, 1.82) is 0 Å². The monoisotopic (exact) mass is 293 g/mol. The highest BCUT2D eigenvalue weighted by Crippen LogP contribution is 2.21. The van der Waals surface area contributed by atoms with E-state index in [1.807, 2.05) is 0 Å². The predicted molar refractivity (Wildman–Crippen MR) is 86.7 cm³/mol. The highest BCUT2D eigenvalue weighted by Gasteiger charge is 2.15. The van der Waals surface area contributed by atoms with E-state index in [2.05, 4.69) is 37.9 Å². The van der Waals surface area contributed by atoms with E-state index in [-0.39, 0.29) is 5.91 Å².